The zero-order chi connectivity index (χ0) is 13.1. The molecule has 2 aromatic rings. The Morgan fingerprint density at radius 3 is 2.67 bits per heavy atom. The zero-order valence-corrected chi connectivity index (χ0v) is 9.65. The lowest BCUT2D eigenvalue weighted by Crippen LogP contribution is -1.97. The van der Waals surface area contributed by atoms with Gasteiger partial charge in [0, 0.05) is 5.56 Å². The van der Waals surface area contributed by atoms with E-state index in [2.05, 4.69) is 4.98 Å². The Hall–Kier alpha value is -2.01. The number of benzene rings is 1. The highest BCUT2D eigenvalue weighted by molar-refractivity contribution is 5.37. The van der Waals surface area contributed by atoms with Crippen LogP contribution in [0.1, 0.15) is 11.1 Å². The Labute approximate surface area is 103 Å². The van der Waals surface area contributed by atoms with E-state index in [1.165, 1.54) is 18.2 Å². The molecule has 0 amide bonds. The molecule has 0 aliphatic heterocycles. The molecule has 94 valence electrons. The number of pyridine rings is 1. The molecule has 1 aromatic heterocycles. The summed E-state index contributed by atoms with van der Waals surface area (Å²) in [4.78, 5) is 3.76. The predicted octanol–water partition coefficient (Wildman–Crippen LogP) is 2.95. The van der Waals surface area contributed by atoms with Crippen molar-refractivity contribution in [2.24, 2.45) is 0 Å². The number of hydrogen-bond donors (Lipinski definition) is 1. The number of aryl methyl sites for hydroxylation is 1. The van der Waals surface area contributed by atoms with E-state index in [1.807, 2.05) is 0 Å². The second-order valence-electron chi connectivity index (χ2n) is 3.79. The Kier molecular flexibility index (Phi) is 3.53. The van der Waals surface area contributed by atoms with Crippen LogP contribution in [0.3, 0.4) is 0 Å². The average Bonchev–Trinajstić information content (AvgIpc) is 2.34. The van der Waals surface area contributed by atoms with Crippen LogP contribution in [-0.4, -0.2) is 10.1 Å². The average molecular weight is 251 g/mol. The third-order valence-corrected chi connectivity index (χ3v) is 2.41. The monoisotopic (exact) mass is 251 g/mol. The van der Waals surface area contributed by atoms with Crippen molar-refractivity contribution in [3.63, 3.8) is 0 Å². The fourth-order valence-corrected chi connectivity index (χ4v) is 1.51. The minimum atomic E-state index is -0.553. The first-order valence-corrected chi connectivity index (χ1v) is 5.29. The molecule has 1 heterocycles. The van der Waals surface area contributed by atoms with Gasteiger partial charge in [0.05, 0.1) is 12.8 Å². The van der Waals surface area contributed by atoms with Gasteiger partial charge in [-0.1, -0.05) is 0 Å². The van der Waals surface area contributed by atoms with Crippen molar-refractivity contribution in [3.8, 4) is 11.6 Å². The Bertz CT molecular complexity index is 573. The summed E-state index contributed by atoms with van der Waals surface area (Å²) in [6.45, 7) is 1.29. The van der Waals surface area contributed by atoms with Crippen molar-refractivity contribution in [1.82, 2.24) is 4.98 Å². The quantitative estimate of drug-likeness (QED) is 0.911. The molecule has 5 heteroatoms. The van der Waals surface area contributed by atoms with Crippen molar-refractivity contribution in [1.29, 1.82) is 0 Å². The number of hydrogen-bond acceptors (Lipinski definition) is 3. The van der Waals surface area contributed by atoms with Crippen LogP contribution in [0.15, 0.2) is 30.5 Å². The Morgan fingerprint density at radius 1 is 1.22 bits per heavy atom. The van der Waals surface area contributed by atoms with Gasteiger partial charge < -0.3 is 9.84 Å². The van der Waals surface area contributed by atoms with E-state index in [0.29, 0.717) is 11.3 Å². The maximum Gasteiger partial charge on any atom is 0.224 e. The molecule has 1 aromatic carbocycles. The van der Waals surface area contributed by atoms with Gasteiger partial charge in [0.15, 0.2) is 0 Å². The molecule has 18 heavy (non-hydrogen) atoms. The van der Waals surface area contributed by atoms with E-state index in [1.54, 1.807) is 6.92 Å². The summed E-state index contributed by atoms with van der Waals surface area (Å²) >= 11 is 0. The van der Waals surface area contributed by atoms with Crippen LogP contribution >= 0.6 is 0 Å². The molecular weight excluding hydrogens is 240 g/mol. The topological polar surface area (TPSA) is 42.4 Å². The molecule has 0 aliphatic carbocycles. The van der Waals surface area contributed by atoms with E-state index in [9.17, 15) is 8.78 Å². The number of ether oxygens (including phenoxy) is 1. The highest BCUT2D eigenvalue weighted by Gasteiger charge is 2.09. The van der Waals surface area contributed by atoms with Crippen LogP contribution in [0.4, 0.5) is 8.78 Å². The van der Waals surface area contributed by atoms with Gasteiger partial charge in [-0.2, -0.15) is 0 Å². The molecule has 2 rings (SSSR count). The first-order chi connectivity index (χ1) is 8.60. The fraction of sp³-hybridized carbons (Fsp3) is 0.154. The Morgan fingerprint density at radius 2 is 2.00 bits per heavy atom. The smallest absolute Gasteiger partial charge is 0.224 e. The summed E-state index contributed by atoms with van der Waals surface area (Å²) in [5.74, 6) is -0.407. The van der Waals surface area contributed by atoms with Gasteiger partial charge in [0.2, 0.25) is 5.88 Å². The molecule has 0 fully saturated rings. The van der Waals surface area contributed by atoms with Crippen LogP contribution in [0.2, 0.25) is 0 Å². The standard InChI is InChI=1S/C13H11F2NO2/c1-8-4-10(14)2-3-12(8)18-13-9(7-17)5-11(15)6-16-13/h2-6,17H,7H2,1H3. The summed E-state index contributed by atoms with van der Waals surface area (Å²) in [5.41, 5.74) is 0.823. The largest absolute Gasteiger partial charge is 0.438 e. The van der Waals surface area contributed by atoms with Crippen LogP contribution in [0.5, 0.6) is 11.6 Å². The minimum absolute atomic E-state index is 0.105. The second kappa shape index (κ2) is 5.10. The summed E-state index contributed by atoms with van der Waals surface area (Å²) in [6.07, 6.45) is 0.993. The molecule has 0 unspecified atom stereocenters. The molecule has 0 aliphatic rings. The lowest BCUT2D eigenvalue weighted by molar-refractivity contribution is 0.274. The highest BCUT2D eigenvalue weighted by atomic mass is 19.1. The lowest BCUT2D eigenvalue weighted by atomic mass is 10.2. The van der Waals surface area contributed by atoms with E-state index < -0.39 is 5.82 Å². The molecule has 0 saturated carbocycles. The molecule has 0 spiro atoms. The van der Waals surface area contributed by atoms with Gasteiger partial charge in [-0.15, -0.1) is 0 Å². The third kappa shape index (κ3) is 2.62. The number of aromatic nitrogens is 1. The summed E-state index contributed by atoms with van der Waals surface area (Å²) in [5, 5.41) is 9.09. The SMILES string of the molecule is Cc1cc(F)ccc1Oc1ncc(F)cc1CO. The fourth-order valence-electron chi connectivity index (χ4n) is 1.51. The van der Waals surface area contributed by atoms with E-state index in [-0.39, 0.29) is 23.9 Å². The van der Waals surface area contributed by atoms with Gasteiger partial charge in [0.25, 0.3) is 0 Å². The van der Waals surface area contributed by atoms with Crippen LogP contribution < -0.4 is 4.74 Å². The minimum Gasteiger partial charge on any atom is -0.438 e. The zero-order valence-electron chi connectivity index (χ0n) is 9.65. The molecular formula is C13H11F2NO2. The second-order valence-corrected chi connectivity index (χ2v) is 3.79. The molecule has 0 saturated heterocycles. The molecule has 0 atom stereocenters. The van der Waals surface area contributed by atoms with Gasteiger partial charge in [-0.3, -0.25) is 0 Å². The van der Waals surface area contributed by atoms with E-state index in [0.717, 1.165) is 12.3 Å². The van der Waals surface area contributed by atoms with Crippen molar-refractivity contribution in [2.45, 2.75) is 13.5 Å². The number of aliphatic hydroxyl groups is 1. The summed E-state index contributed by atoms with van der Waals surface area (Å²) in [7, 11) is 0. The van der Waals surface area contributed by atoms with Gasteiger partial charge in [0.1, 0.15) is 17.4 Å². The van der Waals surface area contributed by atoms with Gasteiger partial charge in [-0.25, -0.2) is 13.8 Å². The summed E-state index contributed by atoms with van der Waals surface area (Å²) < 4.78 is 31.3. The summed E-state index contributed by atoms with van der Waals surface area (Å²) in [6, 6.07) is 5.17. The maximum atomic E-state index is 12.9. The molecule has 3 nitrogen and oxygen atoms in total. The first-order valence-electron chi connectivity index (χ1n) is 5.29. The molecule has 0 radical (unpaired) electrons. The number of halogens is 2. The first kappa shape index (κ1) is 12.4. The Balaban J connectivity index is 2.33. The van der Waals surface area contributed by atoms with Crippen molar-refractivity contribution < 1.29 is 18.6 Å². The predicted molar refractivity (Wildman–Crippen MR) is 61.3 cm³/mol. The number of rotatable bonds is 3. The van der Waals surface area contributed by atoms with Crippen molar-refractivity contribution in [3.05, 3.63) is 53.2 Å². The van der Waals surface area contributed by atoms with Crippen molar-refractivity contribution in [2.75, 3.05) is 0 Å². The van der Waals surface area contributed by atoms with Crippen LogP contribution in [-0.2, 0) is 6.61 Å². The van der Waals surface area contributed by atoms with Crippen LogP contribution in [0.25, 0.3) is 0 Å². The number of nitrogens with zero attached hydrogens (tertiary/aromatic N) is 1. The van der Waals surface area contributed by atoms with Gasteiger partial charge >= 0.3 is 0 Å². The normalized spacial score (nSPS) is 10.4. The van der Waals surface area contributed by atoms with E-state index >= 15 is 0 Å². The lowest BCUT2D eigenvalue weighted by Gasteiger charge is -2.10. The van der Waals surface area contributed by atoms with Crippen molar-refractivity contribution >= 4 is 0 Å². The number of aliphatic hydroxyl groups excluding tert-OH is 1. The van der Waals surface area contributed by atoms with E-state index in [4.69, 9.17) is 9.84 Å². The molecule has 0 bridgehead atoms. The third-order valence-electron chi connectivity index (χ3n) is 2.41. The van der Waals surface area contributed by atoms with Gasteiger partial charge in [-0.05, 0) is 36.8 Å². The molecule has 1 N–H and O–H groups in total. The highest BCUT2D eigenvalue weighted by Crippen LogP contribution is 2.26. The van der Waals surface area contributed by atoms with Crippen LogP contribution in [0, 0.1) is 18.6 Å². The maximum absolute atomic E-state index is 12.9.